The van der Waals surface area contributed by atoms with Gasteiger partial charge in [0, 0.05) is 24.5 Å². The third-order valence-corrected chi connectivity index (χ3v) is 4.51. The summed E-state index contributed by atoms with van der Waals surface area (Å²) in [4.78, 5) is 28.3. The number of nitrogens with one attached hydrogen (secondary N) is 1. The fraction of sp³-hybridized carbons (Fsp3) is 0.538. The molecule has 104 valence electrons. The second-order valence-corrected chi connectivity index (χ2v) is 5.84. The van der Waals surface area contributed by atoms with Crippen LogP contribution in [0.1, 0.15) is 17.4 Å². The van der Waals surface area contributed by atoms with Gasteiger partial charge in [-0.25, -0.2) is 4.79 Å². The number of rotatable bonds is 4. The highest BCUT2D eigenvalue weighted by atomic mass is 32.1. The molecule has 1 saturated heterocycles. The molecule has 19 heavy (non-hydrogen) atoms. The molecule has 1 fully saturated rings. The summed E-state index contributed by atoms with van der Waals surface area (Å²) in [5.41, 5.74) is 1.25. The number of amides is 3. The number of urea groups is 1. The molecule has 0 unspecified atom stereocenters. The van der Waals surface area contributed by atoms with Crippen molar-refractivity contribution in [3.05, 3.63) is 21.9 Å². The zero-order chi connectivity index (χ0) is 14.0. The van der Waals surface area contributed by atoms with E-state index in [0.29, 0.717) is 13.1 Å². The van der Waals surface area contributed by atoms with Crippen molar-refractivity contribution in [1.82, 2.24) is 15.1 Å². The number of hydrogen-bond acceptors (Lipinski definition) is 4. The molecule has 0 radical (unpaired) electrons. The maximum atomic E-state index is 12.2. The molecule has 0 bridgehead atoms. The largest absolute Gasteiger partial charge is 0.336 e. The smallest absolute Gasteiger partial charge is 0.324 e. The van der Waals surface area contributed by atoms with Crippen LogP contribution in [0.25, 0.3) is 0 Å². The van der Waals surface area contributed by atoms with E-state index in [-0.39, 0.29) is 18.0 Å². The average Bonchev–Trinajstić information content (AvgIpc) is 2.97. The number of hydrogen-bond donors (Lipinski definition) is 1. The normalized spacial score (nSPS) is 16.8. The van der Waals surface area contributed by atoms with Crippen molar-refractivity contribution < 1.29 is 9.59 Å². The van der Waals surface area contributed by atoms with Crippen LogP contribution in [0.3, 0.4) is 0 Å². The first kappa shape index (κ1) is 14.0. The average molecular weight is 281 g/mol. The molecule has 2 heterocycles. The second kappa shape index (κ2) is 5.71. The number of nitrogens with zero attached hydrogens (tertiary/aromatic N) is 2. The molecule has 3 amide bonds. The van der Waals surface area contributed by atoms with E-state index in [1.807, 2.05) is 18.9 Å². The zero-order valence-electron chi connectivity index (χ0n) is 11.5. The lowest BCUT2D eigenvalue weighted by Crippen LogP contribution is -2.46. The molecule has 2 rings (SSSR count). The van der Waals surface area contributed by atoms with E-state index in [0.717, 1.165) is 6.54 Å². The van der Waals surface area contributed by atoms with Crippen molar-refractivity contribution in [3.8, 4) is 0 Å². The Hall–Kier alpha value is -1.40. The van der Waals surface area contributed by atoms with Gasteiger partial charge in [0.05, 0.1) is 6.04 Å². The van der Waals surface area contributed by atoms with Gasteiger partial charge in [-0.05, 0) is 37.9 Å². The van der Waals surface area contributed by atoms with Gasteiger partial charge < -0.3 is 5.32 Å². The van der Waals surface area contributed by atoms with Crippen molar-refractivity contribution in [2.45, 2.75) is 26.4 Å². The number of thiophene rings is 1. The van der Waals surface area contributed by atoms with Crippen LogP contribution in [0, 0.1) is 6.92 Å². The lowest BCUT2D eigenvalue weighted by atomic mass is 10.2. The lowest BCUT2D eigenvalue weighted by molar-refractivity contribution is -0.132. The number of imide groups is 1. The van der Waals surface area contributed by atoms with Gasteiger partial charge in [-0.1, -0.05) is 0 Å². The van der Waals surface area contributed by atoms with Gasteiger partial charge in [-0.15, -0.1) is 11.3 Å². The summed E-state index contributed by atoms with van der Waals surface area (Å²) in [5.74, 6) is -0.133. The van der Waals surface area contributed by atoms with E-state index in [2.05, 4.69) is 23.7 Å². The molecule has 1 N–H and O–H groups in total. The van der Waals surface area contributed by atoms with E-state index in [1.165, 1.54) is 15.3 Å². The minimum Gasteiger partial charge on any atom is -0.336 e. The maximum Gasteiger partial charge on any atom is 0.324 e. The number of likely N-dealkylation sites (N-methyl/N-ethyl adjacent to an activating group) is 1. The third-order valence-electron chi connectivity index (χ3n) is 3.50. The predicted octanol–water partition coefficient (Wildman–Crippen LogP) is 1.43. The van der Waals surface area contributed by atoms with Crippen molar-refractivity contribution in [2.24, 2.45) is 0 Å². The summed E-state index contributed by atoms with van der Waals surface area (Å²) in [7, 11) is 1.91. The molecule has 6 heteroatoms. The minimum atomic E-state index is -0.301. The molecular formula is C13H19N3O2S. The fourth-order valence-electron chi connectivity index (χ4n) is 2.03. The molecule has 1 aromatic heterocycles. The highest BCUT2D eigenvalue weighted by molar-refractivity contribution is 7.10. The molecule has 0 spiro atoms. The molecular weight excluding hydrogens is 262 g/mol. The molecule has 0 aromatic carbocycles. The SMILES string of the molecule is Cc1ccsc1CN(C)[C@@H](C)C(=O)N1CCNC1=O. The quantitative estimate of drug-likeness (QED) is 0.908. The van der Waals surface area contributed by atoms with E-state index in [1.54, 1.807) is 11.3 Å². The standard InChI is InChI=1S/C13H19N3O2S/c1-9-4-7-19-11(9)8-15(3)10(2)12(17)16-6-5-14-13(16)18/h4,7,10H,5-6,8H2,1-3H3,(H,14,18)/t10-/m0/s1. The topological polar surface area (TPSA) is 52.7 Å². The predicted molar refractivity (Wildman–Crippen MR) is 75.1 cm³/mol. The first-order valence-electron chi connectivity index (χ1n) is 6.33. The molecule has 0 saturated carbocycles. The van der Waals surface area contributed by atoms with Gasteiger partial charge in [-0.2, -0.15) is 0 Å². The van der Waals surface area contributed by atoms with Gasteiger partial charge in [0.1, 0.15) is 0 Å². The van der Waals surface area contributed by atoms with E-state index >= 15 is 0 Å². The van der Waals surface area contributed by atoms with Crippen LogP contribution in [0.4, 0.5) is 4.79 Å². The second-order valence-electron chi connectivity index (χ2n) is 4.84. The van der Waals surface area contributed by atoms with E-state index in [9.17, 15) is 9.59 Å². The van der Waals surface area contributed by atoms with Crippen molar-refractivity contribution in [1.29, 1.82) is 0 Å². The van der Waals surface area contributed by atoms with Crippen LogP contribution < -0.4 is 5.32 Å². The van der Waals surface area contributed by atoms with Crippen LogP contribution in [0.15, 0.2) is 11.4 Å². The first-order chi connectivity index (χ1) is 9.00. The molecule has 1 aliphatic rings. The van der Waals surface area contributed by atoms with Gasteiger partial charge in [0.2, 0.25) is 5.91 Å². The van der Waals surface area contributed by atoms with Crippen LogP contribution in [-0.4, -0.2) is 47.9 Å². The lowest BCUT2D eigenvalue weighted by Gasteiger charge is -2.26. The number of carbonyl (C=O) groups excluding carboxylic acids is 2. The Kier molecular flexibility index (Phi) is 4.21. The van der Waals surface area contributed by atoms with Crippen molar-refractivity contribution in [3.63, 3.8) is 0 Å². The Labute approximate surface area is 117 Å². The number of aryl methyl sites for hydroxylation is 1. The van der Waals surface area contributed by atoms with Crippen LogP contribution in [-0.2, 0) is 11.3 Å². The number of carbonyl (C=O) groups is 2. The summed E-state index contributed by atoms with van der Waals surface area (Å²) in [6, 6.07) is 1.50. The van der Waals surface area contributed by atoms with Gasteiger partial charge in [-0.3, -0.25) is 14.6 Å². The molecule has 1 atom stereocenters. The van der Waals surface area contributed by atoms with Crippen molar-refractivity contribution >= 4 is 23.3 Å². The van der Waals surface area contributed by atoms with Crippen molar-refractivity contribution in [2.75, 3.05) is 20.1 Å². The van der Waals surface area contributed by atoms with Gasteiger partial charge in [0.25, 0.3) is 0 Å². The van der Waals surface area contributed by atoms with Crippen LogP contribution >= 0.6 is 11.3 Å². The first-order valence-corrected chi connectivity index (χ1v) is 7.21. The maximum absolute atomic E-state index is 12.2. The summed E-state index contributed by atoms with van der Waals surface area (Å²) in [5, 5.41) is 4.70. The summed E-state index contributed by atoms with van der Waals surface area (Å²) < 4.78 is 0. The zero-order valence-corrected chi connectivity index (χ0v) is 12.3. The van der Waals surface area contributed by atoms with Gasteiger partial charge in [0.15, 0.2) is 0 Å². The van der Waals surface area contributed by atoms with Gasteiger partial charge >= 0.3 is 6.03 Å². The summed E-state index contributed by atoms with van der Waals surface area (Å²) in [6.45, 7) is 5.65. The Morgan fingerprint density at radius 2 is 2.37 bits per heavy atom. The minimum absolute atomic E-state index is 0.133. The molecule has 1 aromatic rings. The van der Waals surface area contributed by atoms with Crippen LogP contribution in [0.5, 0.6) is 0 Å². The highest BCUT2D eigenvalue weighted by Gasteiger charge is 2.31. The van der Waals surface area contributed by atoms with E-state index in [4.69, 9.17) is 0 Å². The summed E-state index contributed by atoms with van der Waals surface area (Å²) in [6.07, 6.45) is 0. The van der Waals surface area contributed by atoms with E-state index < -0.39 is 0 Å². The molecule has 1 aliphatic heterocycles. The highest BCUT2D eigenvalue weighted by Crippen LogP contribution is 2.18. The third kappa shape index (κ3) is 2.96. The Bertz CT molecular complexity index is 486. The molecule has 0 aliphatic carbocycles. The monoisotopic (exact) mass is 281 g/mol. The van der Waals surface area contributed by atoms with Crippen LogP contribution in [0.2, 0.25) is 0 Å². The molecule has 5 nitrogen and oxygen atoms in total. The summed E-state index contributed by atoms with van der Waals surface area (Å²) >= 11 is 1.69. The Morgan fingerprint density at radius 1 is 1.63 bits per heavy atom. The Balaban J connectivity index is 1.98. The Morgan fingerprint density at radius 3 is 2.89 bits per heavy atom. The fourth-order valence-corrected chi connectivity index (χ4v) is 2.99.